The van der Waals surface area contributed by atoms with Crippen LogP contribution in [-0.4, -0.2) is 72.6 Å². The first-order valence-electron chi connectivity index (χ1n) is 14.3. The first kappa shape index (κ1) is 31.5. The van der Waals surface area contributed by atoms with Crippen LogP contribution in [0.1, 0.15) is 28.8 Å². The zero-order chi connectivity index (χ0) is 32.3. The molecule has 3 atom stereocenters. The molecule has 0 aliphatic carbocycles. The van der Waals surface area contributed by atoms with Gasteiger partial charge in [0.05, 0.1) is 0 Å². The van der Waals surface area contributed by atoms with Gasteiger partial charge in [0.25, 0.3) is 11.6 Å². The number of nitrogens with zero attached hydrogens (tertiary/aromatic N) is 5. The Bertz CT molecular complexity index is 1720. The number of nitrogens with two attached hydrogens (primary N) is 1. The molecule has 0 bridgehead atoms. The summed E-state index contributed by atoms with van der Waals surface area (Å²) in [5, 5.41) is 14.1. The summed E-state index contributed by atoms with van der Waals surface area (Å²) < 4.78 is 13.5. The molecule has 1 aromatic heterocycles. The maximum atomic E-state index is 14.3. The molecule has 3 heterocycles. The molecule has 2 amide bonds. The van der Waals surface area contributed by atoms with E-state index in [-0.39, 0.29) is 5.70 Å². The number of thioether (sulfide) groups is 2. The number of ether oxygens (including phenoxy) is 2. The molecule has 14 heteroatoms. The number of benzene rings is 3. The lowest BCUT2D eigenvalue weighted by molar-refractivity contribution is -0.193. The predicted octanol–water partition coefficient (Wildman–Crippen LogP) is 2.96. The van der Waals surface area contributed by atoms with Gasteiger partial charge in [-0.3, -0.25) is 14.5 Å². The number of nitrogens with one attached hydrogen (secondary N) is 1. The predicted molar refractivity (Wildman–Crippen MR) is 172 cm³/mol. The number of β-lactam (4-membered cyclic amide) rings is 1. The molecule has 0 spiro atoms. The number of tetrazole rings is 1. The summed E-state index contributed by atoms with van der Waals surface area (Å²) in [5.41, 5.74) is 7.40. The molecule has 236 valence electrons. The number of rotatable bonds is 11. The van der Waals surface area contributed by atoms with E-state index in [2.05, 4.69) is 20.8 Å². The van der Waals surface area contributed by atoms with Gasteiger partial charge in [0, 0.05) is 25.7 Å². The molecule has 2 aliphatic heterocycles. The maximum Gasteiger partial charge on any atom is 0.356 e. The number of aromatic nitrogens is 4. The van der Waals surface area contributed by atoms with Crippen molar-refractivity contribution in [3.8, 4) is 0 Å². The van der Waals surface area contributed by atoms with Gasteiger partial charge in [0.1, 0.15) is 17.1 Å². The summed E-state index contributed by atoms with van der Waals surface area (Å²) in [6.07, 6.45) is -0.737. The molecule has 4 aromatic rings. The van der Waals surface area contributed by atoms with Gasteiger partial charge in [0.2, 0.25) is 11.1 Å². The van der Waals surface area contributed by atoms with Crippen LogP contribution in [0.3, 0.4) is 0 Å². The normalized spacial score (nSPS) is 19.8. The van der Waals surface area contributed by atoms with E-state index in [1.807, 2.05) is 66.7 Å². The molecule has 1 unspecified atom stereocenters. The van der Waals surface area contributed by atoms with Crippen molar-refractivity contribution in [1.82, 2.24) is 30.4 Å². The van der Waals surface area contributed by atoms with Crippen molar-refractivity contribution in [2.45, 2.75) is 28.4 Å². The average molecular weight is 658 g/mol. The fraction of sp³-hybridized carbons (Fsp3) is 0.250. The highest BCUT2D eigenvalue weighted by molar-refractivity contribution is 8.01. The molecule has 0 saturated carbocycles. The minimum Gasteiger partial charge on any atom is -0.448 e. The Morgan fingerprint density at radius 1 is 1.02 bits per heavy atom. The van der Waals surface area contributed by atoms with Crippen LogP contribution in [0.4, 0.5) is 0 Å². The summed E-state index contributed by atoms with van der Waals surface area (Å²) in [6, 6.07) is 26.6. The Labute approximate surface area is 273 Å². The Morgan fingerprint density at radius 2 is 1.61 bits per heavy atom. The molecule has 1 saturated heterocycles. The molecule has 6 rings (SSSR count). The zero-order valence-corrected chi connectivity index (χ0v) is 26.6. The van der Waals surface area contributed by atoms with Gasteiger partial charge >= 0.3 is 5.97 Å². The second kappa shape index (κ2) is 13.5. The van der Waals surface area contributed by atoms with Crippen LogP contribution >= 0.6 is 23.5 Å². The van der Waals surface area contributed by atoms with Gasteiger partial charge in [-0.05, 0) is 32.7 Å². The summed E-state index contributed by atoms with van der Waals surface area (Å²) in [4.78, 5) is 43.0. The van der Waals surface area contributed by atoms with Gasteiger partial charge in [-0.1, -0.05) is 103 Å². The molecular formula is C32H31N7O5S2. The summed E-state index contributed by atoms with van der Waals surface area (Å²) in [7, 11) is 3.07. The van der Waals surface area contributed by atoms with Crippen molar-refractivity contribution < 1.29 is 23.9 Å². The first-order chi connectivity index (χ1) is 22.3. The third-order valence-electron chi connectivity index (χ3n) is 7.76. The van der Waals surface area contributed by atoms with Crippen LogP contribution in [0, 0.1) is 0 Å². The van der Waals surface area contributed by atoms with E-state index in [1.54, 1.807) is 31.3 Å². The lowest BCUT2D eigenvalue weighted by Crippen LogP contribution is -2.81. The Balaban J connectivity index is 1.32. The number of fused-ring (bicyclic) bond motifs is 1. The number of carbonyl (C=O) groups excluding carboxylic acids is 3. The molecule has 3 N–H and O–H groups in total. The quantitative estimate of drug-likeness (QED) is 0.106. The largest absolute Gasteiger partial charge is 0.448 e. The van der Waals surface area contributed by atoms with Crippen molar-refractivity contribution in [1.29, 1.82) is 0 Å². The molecule has 46 heavy (non-hydrogen) atoms. The van der Waals surface area contributed by atoms with Crippen molar-refractivity contribution >= 4 is 41.3 Å². The monoisotopic (exact) mass is 657 g/mol. The highest BCUT2D eigenvalue weighted by atomic mass is 32.2. The molecule has 3 aromatic carbocycles. The van der Waals surface area contributed by atoms with E-state index in [0.717, 1.165) is 11.1 Å². The van der Waals surface area contributed by atoms with Crippen molar-refractivity contribution in [2.75, 3.05) is 18.6 Å². The second-order valence-corrected chi connectivity index (χ2v) is 12.6. The molecule has 0 radical (unpaired) electrons. The van der Waals surface area contributed by atoms with E-state index < -0.39 is 41.0 Å². The van der Waals surface area contributed by atoms with Crippen LogP contribution in [0.15, 0.2) is 107 Å². The van der Waals surface area contributed by atoms with E-state index >= 15 is 0 Å². The number of aryl methyl sites for hydroxylation is 1. The topological polar surface area (TPSA) is 155 Å². The van der Waals surface area contributed by atoms with Gasteiger partial charge in [-0.15, -0.1) is 16.9 Å². The third kappa shape index (κ3) is 5.91. The summed E-state index contributed by atoms with van der Waals surface area (Å²) in [6.45, 7) is 0. The van der Waals surface area contributed by atoms with Crippen LogP contribution in [0.2, 0.25) is 0 Å². The van der Waals surface area contributed by atoms with Crippen molar-refractivity contribution in [3.63, 3.8) is 0 Å². The Hall–Kier alpha value is -4.50. The molecule has 12 nitrogen and oxygen atoms in total. The molecule has 2 aliphatic rings. The number of hydrogen-bond donors (Lipinski definition) is 2. The standard InChI is InChI=1S/C32H31N7O5S2/c1-38-31(35-36-37-38)46-19-23-18-45-30-32(43-2,34-27(40)24(33)20-12-6-3-7-13-20)29(42)39(30)25(23)28(41)44-26(21-14-8-4-9-15-21)22-16-10-5-11-17-22/h3-17,24,26,30H,18-19,33H2,1-2H3,(H,34,40)/t24?,30-,32-/m0/s1. The highest BCUT2D eigenvalue weighted by Gasteiger charge is 2.67. The minimum absolute atomic E-state index is 0.0996. The van der Waals surface area contributed by atoms with Gasteiger partial charge < -0.3 is 20.5 Å². The summed E-state index contributed by atoms with van der Waals surface area (Å²) >= 11 is 2.70. The van der Waals surface area contributed by atoms with Crippen LogP contribution in [0.25, 0.3) is 0 Å². The van der Waals surface area contributed by atoms with Crippen molar-refractivity contribution in [3.05, 3.63) is 119 Å². The van der Waals surface area contributed by atoms with Crippen molar-refractivity contribution in [2.24, 2.45) is 12.8 Å². The molecule has 1 fully saturated rings. The lowest BCUT2D eigenvalue weighted by Gasteiger charge is -2.56. The number of carbonyl (C=O) groups is 3. The second-order valence-electron chi connectivity index (χ2n) is 10.6. The van der Waals surface area contributed by atoms with Crippen LogP contribution in [-0.2, 0) is 30.9 Å². The van der Waals surface area contributed by atoms with Gasteiger partial charge in [-0.25, -0.2) is 9.48 Å². The van der Waals surface area contributed by atoms with Gasteiger partial charge in [0.15, 0.2) is 6.10 Å². The van der Waals surface area contributed by atoms with E-state index in [1.165, 1.54) is 40.2 Å². The summed E-state index contributed by atoms with van der Waals surface area (Å²) in [5.74, 6) is -1.20. The smallest absolute Gasteiger partial charge is 0.356 e. The van der Waals surface area contributed by atoms with E-state index in [9.17, 15) is 14.4 Å². The third-order valence-corrected chi connectivity index (χ3v) is 10.2. The average Bonchev–Trinajstić information content (AvgIpc) is 3.52. The highest BCUT2D eigenvalue weighted by Crippen LogP contribution is 2.48. The SMILES string of the molecule is CO[C@@]1(NC(=O)C(N)c2ccccc2)C(=O)N2C(C(=O)OC(c3ccccc3)c3ccccc3)=C(CSc3nnnn3C)CS[C@H]21. The fourth-order valence-electron chi connectivity index (χ4n) is 5.36. The van der Waals surface area contributed by atoms with Crippen LogP contribution < -0.4 is 11.1 Å². The minimum atomic E-state index is -1.73. The fourth-order valence-corrected chi connectivity index (χ4v) is 7.79. The zero-order valence-electron chi connectivity index (χ0n) is 25.0. The number of esters is 1. The maximum absolute atomic E-state index is 14.3. The van der Waals surface area contributed by atoms with Gasteiger partial charge in [-0.2, -0.15) is 0 Å². The number of methoxy groups -OCH3 is 1. The Kier molecular flexibility index (Phi) is 9.22. The number of hydrogen-bond acceptors (Lipinski definition) is 11. The Morgan fingerprint density at radius 3 is 2.15 bits per heavy atom. The number of amides is 2. The lowest BCUT2D eigenvalue weighted by atomic mass is 9.97. The van der Waals surface area contributed by atoms with Crippen LogP contribution in [0.5, 0.6) is 0 Å². The van der Waals surface area contributed by atoms with E-state index in [4.69, 9.17) is 15.2 Å². The first-order valence-corrected chi connectivity index (χ1v) is 16.4. The molecular weight excluding hydrogens is 627 g/mol. The van der Waals surface area contributed by atoms with E-state index in [0.29, 0.717) is 27.8 Å².